The molecular formula is C17H14N4O2. The van der Waals surface area contributed by atoms with Crippen LogP contribution < -0.4 is 10.1 Å². The van der Waals surface area contributed by atoms with Gasteiger partial charge in [0.25, 0.3) is 5.91 Å². The molecule has 3 aromatic rings. The molecule has 114 valence electrons. The minimum absolute atomic E-state index is 0.286. The monoisotopic (exact) mass is 306 g/mol. The summed E-state index contributed by atoms with van der Waals surface area (Å²) in [6.07, 6.45) is 4.40. The molecule has 0 aliphatic carbocycles. The number of hydrogen-bond acceptors (Lipinski definition) is 5. The van der Waals surface area contributed by atoms with Crippen molar-refractivity contribution >= 4 is 11.7 Å². The van der Waals surface area contributed by atoms with Crippen LogP contribution in [0.3, 0.4) is 0 Å². The molecule has 6 heteroatoms. The Hall–Kier alpha value is -3.28. The van der Waals surface area contributed by atoms with Gasteiger partial charge in [0.1, 0.15) is 18.8 Å². The summed E-state index contributed by atoms with van der Waals surface area (Å²) in [6.45, 7) is 0.431. The van der Waals surface area contributed by atoms with Gasteiger partial charge in [0.15, 0.2) is 0 Å². The molecule has 1 aromatic carbocycles. The minimum Gasteiger partial charge on any atom is -0.473 e. The van der Waals surface area contributed by atoms with E-state index in [1.54, 1.807) is 24.4 Å². The van der Waals surface area contributed by atoms with Crippen LogP contribution in [0.1, 0.15) is 15.9 Å². The largest absolute Gasteiger partial charge is 0.473 e. The van der Waals surface area contributed by atoms with E-state index in [4.69, 9.17) is 4.74 Å². The second-order valence-corrected chi connectivity index (χ2v) is 4.71. The Balaban J connectivity index is 1.59. The molecule has 0 atom stereocenters. The SMILES string of the molecule is O=C(Nc1ccncn1)c1ccc(OCc2ccccc2)nc1. The third kappa shape index (κ3) is 4.10. The number of rotatable bonds is 5. The molecule has 0 unspecified atom stereocenters. The molecule has 0 aliphatic heterocycles. The van der Waals surface area contributed by atoms with E-state index in [-0.39, 0.29) is 5.91 Å². The summed E-state index contributed by atoms with van der Waals surface area (Å²) in [6, 6.07) is 14.7. The van der Waals surface area contributed by atoms with Crippen molar-refractivity contribution < 1.29 is 9.53 Å². The first kappa shape index (κ1) is 14.6. The molecule has 2 heterocycles. The van der Waals surface area contributed by atoms with E-state index in [1.807, 2.05) is 30.3 Å². The van der Waals surface area contributed by atoms with Gasteiger partial charge in [-0.05, 0) is 17.7 Å². The number of anilines is 1. The highest BCUT2D eigenvalue weighted by atomic mass is 16.5. The zero-order valence-electron chi connectivity index (χ0n) is 12.2. The van der Waals surface area contributed by atoms with Crippen molar-refractivity contribution in [2.75, 3.05) is 5.32 Å². The van der Waals surface area contributed by atoms with E-state index in [0.717, 1.165) is 5.56 Å². The van der Waals surface area contributed by atoms with E-state index >= 15 is 0 Å². The third-order valence-corrected chi connectivity index (χ3v) is 3.05. The average Bonchev–Trinajstić information content (AvgIpc) is 2.62. The van der Waals surface area contributed by atoms with Gasteiger partial charge in [-0.2, -0.15) is 0 Å². The average molecular weight is 306 g/mol. The maximum Gasteiger partial charge on any atom is 0.258 e. The van der Waals surface area contributed by atoms with Crippen LogP contribution in [-0.2, 0) is 6.61 Å². The maximum atomic E-state index is 12.1. The number of hydrogen-bond donors (Lipinski definition) is 1. The molecule has 1 N–H and O–H groups in total. The van der Waals surface area contributed by atoms with Crippen LogP contribution in [0.5, 0.6) is 5.88 Å². The van der Waals surface area contributed by atoms with Crippen molar-refractivity contribution in [2.24, 2.45) is 0 Å². The molecule has 6 nitrogen and oxygen atoms in total. The molecule has 0 aliphatic rings. The van der Waals surface area contributed by atoms with Crippen LogP contribution in [0, 0.1) is 0 Å². The van der Waals surface area contributed by atoms with Crippen LogP contribution in [0.2, 0.25) is 0 Å². The molecule has 0 fully saturated rings. The molecule has 0 saturated heterocycles. The van der Waals surface area contributed by atoms with Gasteiger partial charge in [-0.25, -0.2) is 15.0 Å². The topological polar surface area (TPSA) is 77.0 Å². The highest BCUT2D eigenvalue weighted by molar-refractivity contribution is 6.03. The van der Waals surface area contributed by atoms with E-state index in [0.29, 0.717) is 23.9 Å². The van der Waals surface area contributed by atoms with Gasteiger partial charge in [0.2, 0.25) is 5.88 Å². The lowest BCUT2D eigenvalue weighted by Crippen LogP contribution is -2.13. The molecule has 1 amide bonds. The van der Waals surface area contributed by atoms with E-state index in [1.165, 1.54) is 12.5 Å². The lowest BCUT2D eigenvalue weighted by Gasteiger charge is -2.06. The zero-order chi connectivity index (χ0) is 15.9. The molecular weight excluding hydrogens is 292 g/mol. The van der Waals surface area contributed by atoms with Gasteiger partial charge < -0.3 is 10.1 Å². The summed E-state index contributed by atoms with van der Waals surface area (Å²) < 4.78 is 5.58. The van der Waals surface area contributed by atoms with Crippen molar-refractivity contribution in [2.45, 2.75) is 6.61 Å². The number of carbonyl (C=O) groups is 1. The maximum absolute atomic E-state index is 12.1. The Kier molecular flexibility index (Phi) is 4.54. The summed E-state index contributed by atoms with van der Waals surface area (Å²) in [5.74, 6) is 0.618. The smallest absolute Gasteiger partial charge is 0.258 e. The van der Waals surface area contributed by atoms with Crippen LogP contribution in [0.25, 0.3) is 0 Å². The fraction of sp³-hybridized carbons (Fsp3) is 0.0588. The van der Waals surface area contributed by atoms with E-state index < -0.39 is 0 Å². The van der Waals surface area contributed by atoms with Crippen LogP contribution in [0.15, 0.2) is 67.3 Å². The molecule has 0 spiro atoms. The fourth-order valence-electron chi connectivity index (χ4n) is 1.88. The predicted molar refractivity (Wildman–Crippen MR) is 85.0 cm³/mol. The lowest BCUT2D eigenvalue weighted by atomic mass is 10.2. The molecule has 2 aromatic heterocycles. The number of nitrogens with zero attached hydrogens (tertiary/aromatic N) is 3. The number of benzene rings is 1. The number of carbonyl (C=O) groups excluding carboxylic acids is 1. The number of nitrogens with one attached hydrogen (secondary N) is 1. The van der Waals surface area contributed by atoms with Crippen molar-refractivity contribution in [3.05, 3.63) is 78.4 Å². The Morgan fingerprint density at radius 3 is 2.61 bits per heavy atom. The highest BCUT2D eigenvalue weighted by Crippen LogP contribution is 2.11. The first-order chi connectivity index (χ1) is 11.3. The molecule has 0 saturated carbocycles. The van der Waals surface area contributed by atoms with Crippen molar-refractivity contribution in [3.8, 4) is 5.88 Å². The normalized spacial score (nSPS) is 10.1. The molecule has 3 rings (SSSR count). The van der Waals surface area contributed by atoms with Crippen molar-refractivity contribution in [1.29, 1.82) is 0 Å². The summed E-state index contributed by atoms with van der Waals surface area (Å²) in [5.41, 5.74) is 1.48. The van der Waals surface area contributed by atoms with Crippen molar-refractivity contribution in [1.82, 2.24) is 15.0 Å². The van der Waals surface area contributed by atoms with E-state index in [9.17, 15) is 4.79 Å². The third-order valence-electron chi connectivity index (χ3n) is 3.05. The Morgan fingerprint density at radius 2 is 1.91 bits per heavy atom. The van der Waals surface area contributed by atoms with Gasteiger partial charge in [0, 0.05) is 18.5 Å². The highest BCUT2D eigenvalue weighted by Gasteiger charge is 2.07. The molecule has 23 heavy (non-hydrogen) atoms. The quantitative estimate of drug-likeness (QED) is 0.784. The summed E-state index contributed by atoms with van der Waals surface area (Å²) >= 11 is 0. The predicted octanol–water partition coefficient (Wildman–Crippen LogP) is 2.70. The molecule has 0 radical (unpaired) electrons. The Bertz CT molecular complexity index is 762. The summed E-state index contributed by atoms with van der Waals surface area (Å²) in [4.78, 5) is 23.9. The number of pyridine rings is 1. The number of ether oxygens (including phenoxy) is 1. The molecule has 0 bridgehead atoms. The lowest BCUT2D eigenvalue weighted by molar-refractivity contribution is 0.102. The van der Waals surface area contributed by atoms with Gasteiger partial charge >= 0.3 is 0 Å². The summed E-state index contributed by atoms with van der Waals surface area (Å²) in [5, 5.41) is 2.66. The number of aromatic nitrogens is 3. The Morgan fingerprint density at radius 1 is 1.04 bits per heavy atom. The zero-order valence-corrected chi connectivity index (χ0v) is 12.2. The van der Waals surface area contributed by atoms with Gasteiger partial charge in [0.05, 0.1) is 5.56 Å². The fourth-order valence-corrected chi connectivity index (χ4v) is 1.88. The van der Waals surface area contributed by atoms with Gasteiger partial charge in [-0.1, -0.05) is 30.3 Å². The van der Waals surface area contributed by atoms with Gasteiger partial charge in [-0.15, -0.1) is 0 Å². The first-order valence-electron chi connectivity index (χ1n) is 7.01. The summed E-state index contributed by atoms with van der Waals surface area (Å²) in [7, 11) is 0. The van der Waals surface area contributed by atoms with Crippen LogP contribution >= 0.6 is 0 Å². The second-order valence-electron chi connectivity index (χ2n) is 4.71. The van der Waals surface area contributed by atoms with E-state index in [2.05, 4.69) is 20.3 Å². The minimum atomic E-state index is -0.286. The Labute approximate surface area is 133 Å². The first-order valence-corrected chi connectivity index (χ1v) is 7.01. The van der Waals surface area contributed by atoms with Crippen molar-refractivity contribution in [3.63, 3.8) is 0 Å². The van der Waals surface area contributed by atoms with Crippen LogP contribution in [0.4, 0.5) is 5.82 Å². The standard InChI is InChI=1S/C17H14N4O2/c22-17(21-15-8-9-18-12-20-15)14-6-7-16(19-10-14)23-11-13-4-2-1-3-5-13/h1-10,12H,11H2,(H,18,20,21,22). The van der Waals surface area contributed by atoms with Gasteiger partial charge in [-0.3, -0.25) is 4.79 Å². The second kappa shape index (κ2) is 7.13. The number of amides is 1. The van der Waals surface area contributed by atoms with Crippen LogP contribution in [-0.4, -0.2) is 20.9 Å².